The molecule has 0 N–H and O–H groups in total. The van der Waals surface area contributed by atoms with E-state index in [4.69, 9.17) is 4.63 Å². The lowest BCUT2D eigenvalue weighted by molar-refractivity contribution is 0.222. The Balaban J connectivity index is 1.69. The van der Waals surface area contributed by atoms with E-state index in [2.05, 4.69) is 55.4 Å². The highest BCUT2D eigenvalue weighted by molar-refractivity contribution is 7.99. The average molecular weight is 432 g/mol. The third-order valence-corrected chi connectivity index (χ3v) is 8.27. The van der Waals surface area contributed by atoms with Crippen LogP contribution < -0.4 is 0 Å². The van der Waals surface area contributed by atoms with Gasteiger partial charge in [-0.25, -0.2) is 13.0 Å². The molecule has 0 spiro atoms. The predicted octanol–water partition coefficient (Wildman–Crippen LogP) is 4.60. The maximum absolute atomic E-state index is 13.3. The molecule has 1 saturated heterocycles. The minimum Gasteiger partial charge on any atom is -0.243 e. The van der Waals surface area contributed by atoms with Gasteiger partial charge in [-0.2, -0.15) is 4.31 Å². The lowest BCUT2D eigenvalue weighted by atomic mass is 9.94. The van der Waals surface area contributed by atoms with Crippen LogP contribution in [-0.2, 0) is 16.4 Å². The summed E-state index contributed by atoms with van der Waals surface area (Å²) >= 11 is 1.53. The zero-order valence-corrected chi connectivity index (χ0v) is 18.5. The fourth-order valence-corrected chi connectivity index (χ4v) is 6.66. The van der Waals surface area contributed by atoms with Crippen LogP contribution in [0.2, 0.25) is 0 Å². The number of sulfonamides is 1. The summed E-state index contributed by atoms with van der Waals surface area (Å²) in [4.78, 5) is 2.05. The molecule has 29 heavy (non-hydrogen) atoms. The topological polar surface area (TPSA) is 76.3 Å². The van der Waals surface area contributed by atoms with Crippen LogP contribution >= 0.6 is 11.8 Å². The van der Waals surface area contributed by atoms with Crippen LogP contribution in [0.3, 0.4) is 0 Å². The van der Waals surface area contributed by atoms with Crippen molar-refractivity contribution in [3.05, 3.63) is 42.0 Å². The van der Waals surface area contributed by atoms with Crippen molar-refractivity contribution in [2.24, 2.45) is 11.8 Å². The highest BCUT2D eigenvalue weighted by Gasteiger charge is 2.34. The Morgan fingerprint density at radius 2 is 1.69 bits per heavy atom. The summed E-state index contributed by atoms with van der Waals surface area (Å²) in [6.45, 7) is 7.36. The highest BCUT2D eigenvalue weighted by Crippen LogP contribution is 2.36. The maximum Gasteiger partial charge on any atom is 0.245 e. The van der Waals surface area contributed by atoms with Gasteiger partial charge in [-0.15, -0.1) is 0 Å². The van der Waals surface area contributed by atoms with Crippen LogP contribution in [0.25, 0.3) is 11.0 Å². The van der Waals surface area contributed by atoms with E-state index >= 15 is 0 Å². The molecule has 6 nitrogen and oxygen atoms in total. The first-order chi connectivity index (χ1) is 13.9. The van der Waals surface area contributed by atoms with Gasteiger partial charge in [-0.1, -0.05) is 44.7 Å². The Hall–Kier alpha value is -1.90. The fraction of sp³-hybridized carbons (Fsp3) is 0.429. The molecular formula is C21H25N3O3S2. The van der Waals surface area contributed by atoms with Crippen molar-refractivity contribution in [2.45, 2.75) is 48.3 Å². The Morgan fingerprint density at radius 3 is 2.34 bits per heavy atom. The van der Waals surface area contributed by atoms with Crippen molar-refractivity contribution in [3.63, 3.8) is 0 Å². The normalized spacial score (nSPS) is 20.9. The molecule has 1 aliphatic heterocycles. The molecule has 1 aromatic heterocycles. The number of piperidine rings is 1. The average Bonchev–Trinajstić information content (AvgIpc) is 3.18. The summed E-state index contributed by atoms with van der Waals surface area (Å²) in [5.41, 5.74) is 2.05. The van der Waals surface area contributed by atoms with Crippen molar-refractivity contribution < 1.29 is 13.0 Å². The number of fused-ring (bicyclic) bond motifs is 1. The van der Waals surface area contributed by atoms with E-state index in [0.717, 1.165) is 22.6 Å². The molecule has 1 fully saturated rings. The standard InChI is InChI=1S/C21H25N3O3S2/c1-4-16-5-7-17(8-6-16)28-18-9-10-19(21-20(18)22-27-23-21)29(25,26)24-12-14(2)11-15(3)13-24/h5-10,14-15H,4,11-13H2,1-3H3. The van der Waals surface area contributed by atoms with E-state index < -0.39 is 10.0 Å². The number of rotatable bonds is 5. The number of nitrogens with zero attached hydrogens (tertiary/aromatic N) is 3. The molecule has 2 heterocycles. The lowest BCUT2D eigenvalue weighted by Gasteiger charge is -2.34. The van der Waals surface area contributed by atoms with E-state index in [1.165, 1.54) is 17.3 Å². The van der Waals surface area contributed by atoms with Gasteiger partial charge < -0.3 is 0 Å². The number of aromatic nitrogens is 2. The van der Waals surface area contributed by atoms with E-state index in [-0.39, 0.29) is 4.90 Å². The molecule has 0 amide bonds. The molecule has 4 rings (SSSR count). The summed E-state index contributed by atoms with van der Waals surface area (Å²) in [7, 11) is -3.66. The van der Waals surface area contributed by atoms with Gasteiger partial charge in [0.15, 0.2) is 11.0 Å². The van der Waals surface area contributed by atoms with Crippen LogP contribution in [0.15, 0.2) is 55.7 Å². The van der Waals surface area contributed by atoms with Crippen molar-refractivity contribution in [1.82, 2.24) is 14.6 Å². The van der Waals surface area contributed by atoms with E-state index in [9.17, 15) is 8.42 Å². The van der Waals surface area contributed by atoms with Crippen molar-refractivity contribution >= 4 is 32.8 Å². The first-order valence-corrected chi connectivity index (χ1v) is 12.2. The van der Waals surface area contributed by atoms with Gasteiger partial charge in [-0.05, 0) is 64.8 Å². The van der Waals surface area contributed by atoms with Gasteiger partial charge in [0, 0.05) is 22.9 Å². The second-order valence-corrected chi connectivity index (χ2v) is 10.9. The third kappa shape index (κ3) is 4.06. The van der Waals surface area contributed by atoms with Crippen molar-refractivity contribution in [1.29, 1.82) is 0 Å². The summed E-state index contributed by atoms with van der Waals surface area (Å²) in [5, 5.41) is 7.95. The lowest BCUT2D eigenvalue weighted by Crippen LogP contribution is -2.42. The number of benzene rings is 2. The highest BCUT2D eigenvalue weighted by atomic mass is 32.2. The van der Waals surface area contributed by atoms with Gasteiger partial charge in [0.05, 0.1) is 0 Å². The Labute approximate surface area is 175 Å². The number of hydrogen-bond donors (Lipinski definition) is 0. The molecule has 0 radical (unpaired) electrons. The Morgan fingerprint density at radius 1 is 1.03 bits per heavy atom. The molecule has 2 atom stereocenters. The summed E-state index contributed by atoms with van der Waals surface area (Å²) in [6, 6.07) is 11.7. The molecule has 154 valence electrons. The molecule has 0 saturated carbocycles. The molecule has 0 aliphatic carbocycles. The monoisotopic (exact) mass is 431 g/mol. The predicted molar refractivity (Wildman–Crippen MR) is 113 cm³/mol. The van der Waals surface area contributed by atoms with Crippen LogP contribution in [0.5, 0.6) is 0 Å². The molecule has 2 unspecified atom stereocenters. The van der Waals surface area contributed by atoms with E-state index in [0.29, 0.717) is 36.0 Å². The minimum atomic E-state index is -3.66. The summed E-state index contributed by atoms with van der Waals surface area (Å²) in [6.07, 6.45) is 2.03. The number of aryl methyl sites for hydroxylation is 1. The van der Waals surface area contributed by atoms with Crippen LogP contribution in [0.1, 0.15) is 32.8 Å². The molecule has 3 aromatic rings. The second-order valence-electron chi connectivity index (χ2n) is 7.89. The van der Waals surface area contributed by atoms with Gasteiger partial charge in [0.25, 0.3) is 0 Å². The van der Waals surface area contributed by atoms with Crippen molar-refractivity contribution in [2.75, 3.05) is 13.1 Å². The Kier molecular flexibility index (Phi) is 5.68. The van der Waals surface area contributed by atoms with Gasteiger partial charge in [0.2, 0.25) is 10.0 Å². The summed E-state index contributed by atoms with van der Waals surface area (Å²) < 4.78 is 33.2. The molecule has 1 aliphatic rings. The smallest absolute Gasteiger partial charge is 0.243 e. The van der Waals surface area contributed by atoms with E-state index in [1.54, 1.807) is 16.4 Å². The second kappa shape index (κ2) is 8.08. The van der Waals surface area contributed by atoms with Crippen LogP contribution in [0, 0.1) is 11.8 Å². The van der Waals surface area contributed by atoms with Gasteiger partial charge in [0.1, 0.15) is 4.90 Å². The zero-order valence-electron chi connectivity index (χ0n) is 16.8. The van der Waals surface area contributed by atoms with Crippen LogP contribution in [0.4, 0.5) is 0 Å². The van der Waals surface area contributed by atoms with Gasteiger partial charge in [-0.3, -0.25) is 0 Å². The SMILES string of the molecule is CCc1ccc(Sc2ccc(S(=O)(=O)N3CC(C)CC(C)C3)c3nonc23)cc1. The summed E-state index contributed by atoms with van der Waals surface area (Å²) in [5.74, 6) is 0.667. The maximum atomic E-state index is 13.3. The molecule has 8 heteroatoms. The quantitative estimate of drug-likeness (QED) is 0.587. The van der Waals surface area contributed by atoms with E-state index in [1.807, 2.05) is 0 Å². The third-order valence-electron chi connectivity index (χ3n) is 5.35. The molecule has 2 aromatic carbocycles. The fourth-order valence-electron chi connectivity index (χ4n) is 3.97. The molecule has 0 bridgehead atoms. The zero-order chi connectivity index (χ0) is 20.6. The first kappa shape index (κ1) is 20.4. The molecular weight excluding hydrogens is 406 g/mol. The Bertz CT molecular complexity index is 1100. The minimum absolute atomic E-state index is 0.167. The largest absolute Gasteiger partial charge is 0.245 e. The number of hydrogen-bond acceptors (Lipinski definition) is 6. The van der Waals surface area contributed by atoms with Crippen molar-refractivity contribution in [3.8, 4) is 0 Å². The van der Waals surface area contributed by atoms with Gasteiger partial charge >= 0.3 is 0 Å². The van der Waals surface area contributed by atoms with Crippen LogP contribution in [-0.4, -0.2) is 36.1 Å². The first-order valence-electron chi connectivity index (χ1n) is 9.90.